The monoisotopic (exact) mass is 352 g/mol. The number of nitrogens with one attached hydrogen (secondary N) is 1. The zero-order valence-electron chi connectivity index (χ0n) is 13.4. The number of anilines is 1. The first-order valence-corrected chi connectivity index (χ1v) is 9.19. The van der Waals surface area contributed by atoms with Crippen molar-refractivity contribution in [2.24, 2.45) is 0 Å². The summed E-state index contributed by atoms with van der Waals surface area (Å²) in [5, 5.41) is 28.7. The molecule has 0 radical (unpaired) electrons. The van der Waals surface area contributed by atoms with E-state index >= 15 is 0 Å². The molecule has 1 saturated carbocycles. The van der Waals surface area contributed by atoms with Gasteiger partial charge in [0, 0.05) is 30.0 Å². The molecule has 1 aliphatic rings. The van der Waals surface area contributed by atoms with Gasteiger partial charge < -0.3 is 9.88 Å². The highest BCUT2D eigenvalue weighted by molar-refractivity contribution is 7.08. The summed E-state index contributed by atoms with van der Waals surface area (Å²) in [6.45, 7) is 1.57. The number of rotatable bonds is 6. The standard InChI is InChI=1S/C16H16N8S/c1-2-11(1)15-20-18-10-23(15)7-6-17-13-3-4-14-19-21-16(24(14)22-13)12-5-8-25-9-12/h3-5,8-11H,1-2,6-7H2,(H,17,22). The first-order chi connectivity index (χ1) is 12.4. The van der Waals surface area contributed by atoms with E-state index in [1.807, 2.05) is 29.0 Å². The Morgan fingerprint density at radius 3 is 2.96 bits per heavy atom. The fraction of sp³-hybridized carbons (Fsp3) is 0.312. The molecule has 8 nitrogen and oxygen atoms in total. The van der Waals surface area contributed by atoms with Gasteiger partial charge in [-0.2, -0.15) is 15.9 Å². The fourth-order valence-electron chi connectivity index (χ4n) is 2.85. The molecular formula is C16H16N8S. The maximum atomic E-state index is 4.62. The second kappa shape index (κ2) is 5.92. The molecule has 5 rings (SSSR count). The zero-order valence-corrected chi connectivity index (χ0v) is 14.2. The Labute approximate surface area is 147 Å². The predicted molar refractivity (Wildman–Crippen MR) is 94.6 cm³/mol. The number of nitrogens with zero attached hydrogens (tertiary/aromatic N) is 7. The van der Waals surface area contributed by atoms with Crippen LogP contribution in [0.1, 0.15) is 24.6 Å². The lowest BCUT2D eigenvalue weighted by Gasteiger charge is -2.08. The number of hydrogen-bond donors (Lipinski definition) is 1. The topological polar surface area (TPSA) is 85.8 Å². The maximum absolute atomic E-state index is 4.62. The Balaban J connectivity index is 1.33. The number of aromatic nitrogens is 7. The summed E-state index contributed by atoms with van der Waals surface area (Å²) in [7, 11) is 0. The van der Waals surface area contributed by atoms with Crippen LogP contribution >= 0.6 is 11.3 Å². The van der Waals surface area contributed by atoms with Crippen LogP contribution in [0.15, 0.2) is 35.3 Å². The smallest absolute Gasteiger partial charge is 0.186 e. The van der Waals surface area contributed by atoms with Crippen LogP contribution in [0.4, 0.5) is 5.82 Å². The van der Waals surface area contributed by atoms with Gasteiger partial charge in [-0.1, -0.05) is 0 Å². The molecule has 0 unspecified atom stereocenters. The highest BCUT2D eigenvalue weighted by atomic mass is 32.1. The van der Waals surface area contributed by atoms with Crippen molar-refractivity contribution in [1.82, 2.24) is 34.6 Å². The maximum Gasteiger partial charge on any atom is 0.186 e. The second-order valence-corrected chi connectivity index (χ2v) is 6.89. The van der Waals surface area contributed by atoms with Crippen LogP contribution in [0.5, 0.6) is 0 Å². The molecule has 4 aromatic rings. The summed E-state index contributed by atoms with van der Waals surface area (Å²) in [4.78, 5) is 0. The quantitative estimate of drug-likeness (QED) is 0.574. The largest absolute Gasteiger partial charge is 0.367 e. The molecule has 126 valence electrons. The number of hydrogen-bond acceptors (Lipinski definition) is 7. The molecule has 0 bridgehead atoms. The van der Waals surface area contributed by atoms with E-state index in [0.29, 0.717) is 5.92 Å². The van der Waals surface area contributed by atoms with Crippen molar-refractivity contribution in [2.75, 3.05) is 11.9 Å². The molecule has 0 aromatic carbocycles. The highest BCUT2D eigenvalue weighted by Crippen LogP contribution is 2.38. The van der Waals surface area contributed by atoms with Crippen LogP contribution in [-0.4, -0.2) is 41.1 Å². The molecule has 1 aliphatic carbocycles. The molecule has 1 N–H and O–H groups in total. The van der Waals surface area contributed by atoms with Gasteiger partial charge in [0.25, 0.3) is 0 Å². The molecule has 0 amide bonds. The van der Waals surface area contributed by atoms with Crippen molar-refractivity contribution in [3.05, 3.63) is 41.1 Å². The first kappa shape index (κ1) is 14.5. The van der Waals surface area contributed by atoms with Crippen LogP contribution in [0, 0.1) is 0 Å². The van der Waals surface area contributed by atoms with Crippen molar-refractivity contribution in [1.29, 1.82) is 0 Å². The summed E-state index contributed by atoms with van der Waals surface area (Å²) in [6.07, 6.45) is 4.26. The van der Waals surface area contributed by atoms with Crippen LogP contribution in [0.25, 0.3) is 17.0 Å². The highest BCUT2D eigenvalue weighted by Gasteiger charge is 2.28. The van der Waals surface area contributed by atoms with Gasteiger partial charge in [-0.05, 0) is 36.4 Å². The van der Waals surface area contributed by atoms with E-state index in [0.717, 1.165) is 41.8 Å². The van der Waals surface area contributed by atoms with E-state index in [2.05, 4.69) is 35.4 Å². The normalized spacial score (nSPS) is 14.2. The molecule has 9 heteroatoms. The van der Waals surface area contributed by atoms with Gasteiger partial charge in [-0.3, -0.25) is 0 Å². The summed E-state index contributed by atoms with van der Waals surface area (Å²) in [5.41, 5.74) is 1.77. The Kier molecular flexibility index (Phi) is 3.44. The SMILES string of the molecule is c1cc(-c2nnc3ccc(NCCn4cnnc4C4CC4)nn23)cs1. The van der Waals surface area contributed by atoms with Crippen molar-refractivity contribution in [3.63, 3.8) is 0 Å². The first-order valence-electron chi connectivity index (χ1n) is 8.25. The van der Waals surface area contributed by atoms with Crippen LogP contribution < -0.4 is 5.32 Å². The van der Waals surface area contributed by atoms with Gasteiger partial charge in [0.1, 0.15) is 18.0 Å². The van der Waals surface area contributed by atoms with Gasteiger partial charge in [0.15, 0.2) is 11.5 Å². The van der Waals surface area contributed by atoms with Crippen molar-refractivity contribution >= 4 is 22.8 Å². The van der Waals surface area contributed by atoms with E-state index in [-0.39, 0.29) is 0 Å². The summed E-state index contributed by atoms with van der Waals surface area (Å²) in [5.74, 6) is 3.26. The Morgan fingerprint density at radius 1 is 1.16 bits per heavy atom. The van der Waals surface area contributed by atoms with E-state index in [1.165, 1.54) is 12.8 Å². The van der Waals surface area contributed by atoms with Gasteiger partial charge >= 0.3 is 0 Å². The number of thiophene rings is 1. The molecular weight excluding hydrogens is 336 g/mol. The van der Waals surface area contributed by atoms with Crippen LogP contribution in [-0.2, 0) is 6.54 Å². The lowest BCUT2D eigenvalue weighted by molar-refractivity contribution is 0.674. The minimum Gasteiger partial charge on any atom is -0.367 e. The molecule has 0 atom stereocenters. The van der Waals surface area contributed by atoms with Gasteiger partial charge in [0.05, 0.1) is 0 Å². The van der Waals surface area contributed by atoms with Crippen LogP contribution in [0.3, 0.4) is 0 Å². The zero-order chi connectivity index (χ0) is 16.6. The van der Waals surface area contributed by atoms with E-state index in [1.54, 1.807) is 22.2 Å². The lowest BCUT2D eigenvalue weighted by Crippen LogP contribution is -2.13. The number of fused-ring (bicyclic) bond motifs is 1. The third kappa shape index (κ3) is 2.76. The molecule has 0 saturated heterocycles. The van der Waals surface area contributed by atoms with Gasteiger partial charge in [0.2, 0.25) is 0 Å². The average molecular weight is 352 g/mol. The van der Waals surface area contributed by atoms with E-state index in [4.69, 9.17) is 0 Å². The molecule has 4 heterocycles. The molecule has 4 aromatic heterocycles. The third-order valence-corrected chi connectivity index (χ3v) is 4.97. The van der Waals surface area contributed by atoms with Crippen molar-refractivity contribution in [3.8, 4) is 11.4 Å². The van der Waals surface area contributed by atoms with Gasteiger partial charge in [-0.15, -0.1) is 25.5 Å². The van der Waals surface area contributed by atoms with E-state index in [9.17, 15) is 0 Å². The molecule has 0 aliphatic heterocycles. The van der Waals surface area contributed by atoms with Gasteiger partial charge in [-0.25, -0.2) is 0 Å². The Hall–Kier alpha value is -2.81. The Bertz CT molecular complexity index is 998. The average Bonchev–Trinajstić information content (AvgIpc) is 3.05. The third-order valence-electron chi connectivity index (χ3n) is 4.29. The Morgan fingerprint density at radius 2 is 2.12 bits per heavy atom. The predicted octanol–water partition coefficient (Wildman–Crippen LogP) is 2.43. The van der Waals surface area contributed by atoms with E-state index < -0.39 is 0 Å². The molecule has 0 spiro atoms. The molecule has 25 heavy (non-hydrogen) atoms. The fourth-order valence-corrected chi connectivity index (χ4v) is 3.49. The summed E-state index contributed by atoms with van der Waals surface area (Å²) in [6, 6.07) is 5.87. The molecule has 1 fully saturated rings. The minimum absolute atomic E-state index is 0.599. The van der Waals surface area contributed by atoms with Crippen LogP contribution in [0.2, 0.25) is 0 Å². The van der Waals surface area contributed by atoms with Crippen molar-refractivity contribution < 1.29 is 0 Å². The summed E-state index contributed by atoms with van der Waals surface area (Å²) < 4.78 is 3.90. The van der Waals surface area contributed by atoms with Crippen molar-refractivity contribution in [2.45, 2.75) is 25.3 Å². The lowest BCUT2D eigenvalue weighted by atomic mass is 10.3. The second-order valence-electron chi connectivity index (χ2n) is 6.11. The summed E-state index contributed by atoms with van der Waals surface area (Å²) >= 11 is 1.63. The minimum atomic E-state index is 0.599.